The van der Waals surface area contributed by atoms with Gasteiger partial charge in [-0.3, -0.25) is 0 Å². The maximum Gasteiger partial charge on any atom is 0.317 e. The maximum absolute atomic E-state index is 11.5. The number of rotatable bonds is 3. The molecule has 0 spiro atoms. The smallest absolute Gasteiger partial charge is 0.317 e. The second-order valence-corrected chi connectivity index (χ2v) is 5.13. The van der Waals surface area contributed by atoms with E-state index in [0.29, 0.717) is 6.54 Å². The molecule has 0 aromatic heterocycles. The first-order valence-electron chi connectivity index (χ1n) is 5.55. The highest BCUT2D eigenvalue weighted by Crippen LogP contribution is 2.23. The van der Waals surface area contributed by atoms with E-state index in [1.54, 1.807) is 11.0 Å². The van der Waals surface area contributed by atoms with Crippen LogP contribution in [0.25, 0.3) is 0 Å². The number of nitrogens with one attached hydrogen (secondary N) is 1. The van der Waals surface area contributed by atoms with E-state index in [1.165, 1.54) is 0 Å². The van der Waals surface area contributed by atoms with Crippen LogP contribution in [0.4, 0.5) is 4.79 Å². The largest absolute Gasteiger partial charge is 0.338 e. The van der Waals surface area contributed by atoms with Crippen LogP contribution in [0, 0.1) is 5.41 Å². The highest BCUT2D eigenvalue weighted by atomic mass is 16.2. The Morgan fingerprint density at radius 2 is 2.25 bits per heavy atom. The first-order chi connectivity index (χ1) is 7.45. The molecule has 0 aromatic carbocycles. The molecule has 1 aliphatic heterocycles. The van der Waals surface area contributed by atoms with Gasteiger partial charge in [-0.1, -0.05) is 20.8 Å². The van der Waals surface area contributed by atoms with Gasteiger partial charge in [0.15, 0.2) is 0 Å². The van der Waals surface area contributed by atoms with Crippen molar-refractivity contribution in [2.45, 2.75) is 33.2 Å². The van der Waals surface area contributed by atoms with Gasteiger partial charge >= 0.3 is 6.03 Å². The Bertz CT molecular complexity index is 303. The van der Waals surface area contributed by atoms with Crippen molar-refractivity contribution in [2.24, 2.45) is 10.4 Å². The van der Waals surface area contributed by atoms with Gasteiger partial charge in [0.25, 0.3) is 0 Å². The lowest BCUT2D eigenvalue weighted by Gasteiger charge is -2.34. The Morgan fingerprint density at radius 1 is 1.56 bits per heavy atom. The second-order valence-electron chi connectivity index (χ2n) is 5.13. The summed E-state index contributed by atoms with van der Waals surface area (Å²) in [5, 5.41) is 2.78. The van der Waals surface area contributed by atoms with Crippen LogP contribution < -0.4 is 5.32 Å². The lowest BCUT2D eigenvalue weighted by molar-refractivity contribution is 0.167. The topological polar surface area (TPSA) is 61.8 Å². The van der Waals surface area contributed by atoms with E-state index < -0.39 is 0 Å². The summed E-state index contributed by atoms with van der Waals surface area (Å²) < 4.78 is 0. The van der Waals surface area contributed by atoms with Crippen LogP contribution in [0.5, 0.6) is 0 Å². The number of hydrogen-bond acceptors (Lipinski definition) is 3. The number of urea groups is 1. The highest BCUT2D eigenvalue weighted by molar-refractivity contribution is 5.74. The van der Waals surface area contributed by atoms with Crippen molar-refractivity contribution in [1.29, 1.82) is 0 Å². The van der Waals surface area contributed by atoms with Crippen LogP contribution in [-0.4, -0.2) is 42.7 Å². The third kappa shape index (κ3) is 3.35. The van der Waals surface area contributed by atoms with E-state index in [1.807, 2.05) is 20.8 Å². The number of nitrogens with zero attached hydrogens (tertiary/aromatic N) is 2. The van der Waals surface area contributed by atoms with Gasteiger partial charge in [0.2, 0.25) is 6.08 Å². The minimum absolute atomic E-state index is 0.0680. The molecule has 0 unspecified atom stereocenters. The molecule has 0 aliphatic carbocycles. The lowest BCUT2D eigenvalue weighted by atomic mass is 9.87. The SMILES string of the molecule is CC(C)(C)[C@@H](CN1CCCNC1=O)N=C=O. The summed E-state index contributed by atoms with van der Waals surface area (Å²) in [6.07, 6.45) is 2.53. The molecule has 1 aliphatic rings. The fourth-order valence-corrected chi connectivity index (χ4v) is 1.63. The van der Waals surface area contributed by atoms with E-state index in [4.69, 9.17) is 0 Å². The molecule has 1 saturated heterocycles. The summed E-state index contributed by atoms with van der Waals surface area (Å²) in [5.74, 6) is 0. The van der Waals surface area contributed by atoms with Crippen molar-refractivity contribution in [1.82, 2.24) is 10.2 Å². The zero-order valence-electron chi connectivity index (χ0n) is 10.1. The molecular formula is C11H19N3O2. The maximum atomic E-state index is 11.5. The minimum Gasteiger partial charge on any atom is -0.338 e. The molecule has 1 fully saturated rings. The predicted molar refractivity (Wildman–Crippen MR) is 61.0 cm³/mol. The fourth-order valence-electron chi connectivity index (χ4n) is 1.63. The zero-order chi connectivity index (χ0) is 12.2. The molecule has 1 heterocycles. The van der Waals surface area contributed by atoms with E-state index in [-0.39, 0.29) is 17.5 Å². The van der Waals surface area contributed by atoms with Crippen LogP contribution >= 0.6 is 0 Å². The van der Waals surface area contributed by atoms with E-state index in [0.717, 1.165) is 19.5 Å². The summed E-state index contributed by atoms with van der Waals surface area (Å²) >= 11 is 0. The van der Waals surface area contributed by atoms with Crippen molar-refractivity contribution in [3.8, 4) is 0 Å². The molecule has 1 N–H and O–H groups in total. The molecule has 0 aromatic rings. The number of amides is 2. The Balaban J connectivity index is 2.67. The van der Waals surface area contributed by atoms with Crippen LogP contribution in [0.3, 0.4) is 0 Å². The van der Waals surface area contributed by atoms with E-state index >= 15 is 0 Å². The summed E-state index contributed by atoms with van der Waals surface area (Å²) in [4.78, 5) is 27.4. The van der Waals surface area contributed by atoms with Gasteiger partial charge in [-0.25, -0.2) is 14.6 Å². The van der Waals surface area contributed by atoms with Gasteiger partial charge in [-0.05, 0) is 11.8 Å². The number of carbonyl (C=O) groups is 1. The van der Waals surface area contributed by atoms with Gasteiger partial charge < -0.3 is 10.2 Å². The predicted octanol–water partition coefficient (Wildman–Crippen LogP) is 1.15. The normalized spacial score (nSPS) is 18.7. The van der Waals surface area contributed by atoms with Gasteiger partial charge in [0.1, 0.15) is 0 Å². The van der Waals surface area contributed by atoms with Crippen molar-refractivity contribution in [3.63, 3.8) is 0 Å². The molecule has 1 rings (SSSR count). The van der Waals surface area contributed by atoms with Crippen molar-refractivity contribution >= 4 is 12.1 Å². The first kappa shape index (κ1) is 12.7. The molecule has 2 amide bonds. The number of aliphatic imine (C=N–C) groups is 1. The van der Waals surface area contributed by atoms with Crippen LogP contribution in [0.2, 0.25) is 0 Å². The first-order valence-corrected chi connectivity index (χ1v) is 5.55. The molecule has 1 atom stereocenters. The molecule has 0 bridgehead atoms. The van der Waals surface area contributed by atoms with Crippen molar-refractivity contribution < 1.29 is 9.59 Å². The second kappa shape index (κ2) is 5.12. The molecule has 90 valence electrons. The number of carbonyl (C=O) groups excluding carboxylic acids is 2. The molecule has 16 heavy (non-hydrogen) atoms. The zero-order valence-corrected chi connectivity index (χ0v) is 10.1. The summed E-state index contributed by atoms with van der Waals surface area (Å²) in [6.45, 7) is 7.94. The third-order valence-corrected chi connectivity index (χ3v) is 2.77. The van der Waals surface area contributed by atoms with E-state index in [2.05, 4.69) is 10.3 Å². The summed E-state index contributed by atoms with van der Waals surface area (Å²) in [5.41, 5.74) is -0.144. The van der Waals surface area contributed by atoms with Crippen LogP contribution in [-0.2, 0) is 4.79 Å². The van der Waals surface area contributed by atoms with Gasteiger partial charge in [-0.15, -0.1) is 0 Å². The van der Waals surface area contributed by atoms with Gasteiger partial charge in [-0.2, -0.15) is 0 Å². The Hall–Kier alpha value is -1.35. The molecule has 5 heteroatoms. The highest BCUT2D eigenvalue weighted by Gasteiger charge is 2.29. The van der Waals surface area contributed by atoms with Crippen LogP contribution in [0.15, 0.2) is 4.99 Å². The summed E-state index contributed by atoms with van der Waals surface area (Å²) in [6, 6.07) is -0.268. The Labute approximate surface area is 95.9 Å². The number of isocyanates is 1. The fraction of sp³-hybridized carbons (Fsp3) is 0.818. The third-order valence-electron chi connectivity index (χ3n) is 2.77. The number of hydrogen-bond donors (Lipinski definition) is 1. The molecule has 0 radical (unpaired) electrons. The average Bonchev–Trinajstić information content (AvgIpc) is 2.19. The van der Waals surface area contributed by atoms with E-state index in [9.17, 15) is 9.59 Å². The molecule has 5 nitrogen and oxygen atoms in total. The standard InChI is InChI=1S/C11H19N3O2/c1-11(2,3)9(13-8-15)7-14-6-4-5-12-10(14)16/h9H,4-7H2,1-3H3,(H,12,16)/t9-/m1/s1. The lowest BCUT2D eigenvalue weighted by Crippen LogP contribution is -2.50. The van der Waals surface area contributed by atoms with Gasteiger partial charge in [0, 0.05) is 19.6 Å². The average molecular weight is 225 g/mol. The Kier molecular flexibility index (Phi) is 4.07. The summed E-state index contributed by atoms with van der Waals surface area (Å²) in [7, 11) is 0. The quantitative estimate of drug-likeness (QED) is 0.578. The Morgan fingerprint density at radius 3 is 2.75 bits per heavy atom. The monoisotopic (exact) mass is 225 g/mol. The van der Waals surface area contributed by atoms with Gasteiger partial charge in [0.05, 0.1) is 6.04 Å². The van der Waals surface area contributed by atoms with Crippen LogP contribution in [0.1, 0.15) is 27.2 Å². The minimum atomic E-state index is -0.200. The molecule has 0 saturated carbocycles. The van der Waals surface area contributed by atoms with Crippen molar-refractivity contribution in [3.05, 3.63) is 0 Å². The molecular weight excluding hydrogens is 206 g/mol. The van der Waals surface area contributed by atoms with Crippen molar-refractivity contribution in [2.75, 3.05) is 19.6 Å².